The normalized spacial score (nSPS) is 17.5. The van der Waals surface area contributed by atoms with E-state index in [2.05, 4.69) is 20.9 Å². The first-order valence-corrected chi connectivity index (χ1v) is 14.0. The van der Waals surface area contributed by atoms with Gasteiger partial charge in [0.1, 0.15) is 17.6 Å². The molecular weight excluding hydrogens is 536 g/mol. The van der Waals surface area contributed by atoms with Crippen molar-refractivity contribution in [3.05, 3.63) is 99.9 Å². The summed E-state index contributed by atoms with van der Waals surface area (Å²) in [5.41, 5.74) is 16.4. The van der Waals surface area contributed by atoms with Gasteiger partial charge in [-0.2, -0.15) is 0 Å². The first-order valence-electron chi connectivity index (χ1n) is 14.0. The van der Waals surface area contributed by atoms with Gasteiger partial charge >= 0.3 is 0 Å². The molecule has 220 valence electrons. The van der Waals surface area contributed by atoms with Crippen molar-refractivity contribution in [2.75, 3.05) is 26.4 Å². The summed E-state index contributed by atoms with van der Waals surface area (Å²) in [6.07, 6.45) is 0.691. The fourth-order valence-corrected chi connectivity index (χ4v) is 4.69. The standard InChI is InChI=1S/C31H36N6O5/c1-3-40-28-12-7-5-9-23(28)17-18-33-36-30(39)31(21-25-10-4-6-11-27(25)35-37-32)22(2)42-29(34-31)24-13-15-26(16-14-24)41-20-8-19-38/h4-7,9-16,22,33,38H,3,8,17-21H2,1-2H3,(H,36,39)/t22-,31-/m0/s1. The van der Waals surface area contributed by atoms with Crippen molar-refractivity contribution in [2.24, 2.45) is 10.1 Å². The summed E-state index contributed by atoms with van der Waals surface area (Å²) in [5, 5.41) is 12.8. The second-order valence-electron chi connectivity index (χ2n) is 9.72. The van der Waals surface area contributed by atoms with Gasteiger partial charge in [-0.05, 0) is 67.3 Å². The molecule has 0 radical (unpaired) electrons. The van der Waals surface area contributed by atoms with E-state index in [1.54, 1.807) is 31.2 Å². The number of aliphatic hydroxyl groups is 1. The maximum absolute atomic E-state index is 13.9. The zero-order valence-corrected chi connectivity index (χ0v) is 23.8. The molecule has 0 fully saturated rings. The van der Waals surface area contributed by atoms with E-state index in [1.807, 2.05) is 55.5 Å². The summed E-state index contributed by atoms with van der Waals surface area (Å²) in [5.74, 6) is 1.42. The van der Waals surface area contributed by atoms with Crippen molar-refractivity contribution in [2.45, 2.75) is 44.8 Å². The van der Waals surface area contributed by atoms with E-state index in [0.717, 1.165) is 11.3 Å². The first kappa shape index (κ1) is 30.4. The SMILES string of the molecule is CCOc1ccccc1CCNNC(=O)[C@@]1(Cc2ccccc2N=[N+]=[N-])N=C(c2ccc(OCCCO)cc2)O[C@H]1C. The number of aliphatic imine (C=N–C) groups is 1. The summed E-state index contributed by atoms with van der Waals surface area (Å²) in [7, 11) is 0. The van der Waals surface area contributed by atoms with Crippen molar-refractivity contribution >= 4 is 17.5 Å². The lowest BCUT2D eigenvalue weighted by Crippen LogP contribution is -2.56. The molecule has 0 aliphatic carbocycles. The highest BCUT2D eigenvalue weighted by molar-refractivity contribution is 6.00. The van der Waals surface area contributed by atoms with Crippen LogP contribution in [0.25, 0.3) is 10.4 Å². The summed E-state index contributed by atoms with van der Waals surface area (Å²) < 4.78 is 17.5. The van der Waals surface area contributed by atoms with Crippen molar-refractivity contribution in [3.63, 3.8) is 0 Å². The molecule has 0 spiro atoms. The van der Waals surface area contributed by atoms with Gasteiger partial charge in [0.05, 0.1) is 13.2 Å². The number of benzene rings is 3. The van der Waals surface area contributed by atoms with Gasteiger partial charge in [0.2, 0.25) is 5.90 Å². The average molecular weight is 573 g/mol. The number of hydrazine groups is 1. The molecule has 0 bridgehead atoms. The van der Waals surface area contributed by atoms with Crippen LogP contribution in [0.5, 0.6) is 11.5 Å². The molecule has 1 heterocycles. The molecule has 3 aromatic carbocycles. The molecule has 3 aromatic rings. The third-order valence-electron chi connectivity index (χ3n) is 6.93. The van der Waals surface area contributed by atoms with Crippen LogP contribution in [0.4, 0.5) is 5.69 Å². The van der Waals surface area contributed by atoms with E-state index in [9.17, 15) is 4.79 Å². The highest BCUT2D eigenvalue weighted by Gasteiger charge is 2.50. The van der Waals surface area contributed by atoms with E-state index in [0.29, 0.717) is 61.1 Å². The predicted molar refractivity (Wildman–Crippen MR) is 160 cm³/mol. The van der Waals surface area contributed by atoms with Gasteiger partial charge < -0.3 is 19.3 Å². The number of ether oxygens (including phenoxy) is 3. The van der Waals surface area contributed by atoms with Gasteiger partial charge in [-0.15, -0.1) is 0 Å². The largest absolute Gasteiger partial charge is 0.494 e. The Morgan fingerprint density at radius 1 is 1.10 bits per heavy atom. The van der Waals surface area contributed by atoms with Crippen molar-refractivity contribution in [1.82, 2.24) is 10.9 Å². The summed E-state index contributed by atoms with van der Waals surface area (Å²) >= 11 is 0. The fourth-order valence-electron chi connectivity index (χ4n) is 4.69. The molecule has 4 rings (SSSR count). The van der Waals surface area contributed by atoms with Gasteiger partial charge in [-0.1, -0.05) is 47.6 Å². The van der Waals surface area contributed by atoms with Gasteiger partial charge in [0.15, 0.2) is 5.54 Å². The van der Waals surface area contributed by atoms with E-state index < -0.39 is 11.6 Å². The van der Waals surface area contributed by atoms with Gasteiger partial charge in [0.25, 0.3) is 5.91 Å². The van der Waals surface area contributed by atoms with Crippen LogP contribution in [0.3, 0.4) is 0 Å². The second kappa shape index (κ2) is 14.9. The number of para-hydroxylation sites is 1. The van der Waals surface area contributed by atoms with E-state index in [1.165, 1.54) is 0 Å². The maximum Gasteiger partial charge on any atom is 0.266 e. The Bertz CT molecular complexity index is 1420. The third-order valence-corrected chi connectivity index (χ3v) is 6.93. The number of hydrogen-bond acceptors (Lipinski definition) is 8. The van der Waals surface area contributed by atoms with Gasteiger partial charge in [-0.3, -0.25) is 10.2 Å². The molecule has 1 aliphatic heterocycles. The Morgan fingerprint density at radius 3 is 2.57 bits per heavy atom. The number of carbonyl (C=O) groups excluding carboxylic acids is 1. The first-order chi connectivity index (χ1) is 20.5. The maximum atomic E-state index is 13.9. The average Bonchev–Trinajstić information content (AvgIpc) is 3.34. The number of rotatable bonds is 15. The Morgan fingerprint density at radius 2 is 1.83 bits per heavy atom. The Hall–Kier alpha value is -4.57. The number of nitrogens with zero attached hydrogens (tertiary/aromatic N) is 4. The third kappa shape index (κ3) is 7.38. The monoisotopic (exact) mass is 572 g/mol. The highest BCUT2D eigenvalue weighted by Crippen LogP contribution is 2.35. The van der Waals surface area contributed by atoms with Crippen LogP contribution < -0.4 is 20.3 Å². The number of hydrogen-bond donors (Lipinski definition) is 3. The number of nitrogens with one attached hydrogen (secondary N) is 2. The van der Waals surface area contributed by atoms with Crippen LogP contribution >= 0.6 is 0 Å². The quantitative estimate of drug-likeness (QED) is 0.0783. The number of carbonyl (C=O) groups is 1. The molecule has 1 aliphatic rings. The lowest BCUT2D eigenvalue weighted by Gasteiger charge is -2.28. The van der Waals surface area contributed by atoms with Crippen LogP contribution in [-0.4, -0.2) is 54.9 Å². The molecule has 42 heavy (non-hydrogen) atoms. The molecular formula is C31H36N6O5. The molecule has 1 amide bonds. The van der Waals surface area contributed by atoms with Crippen LogP contribution in [0, 0.1) is 0 Å². The smallest absolute Gasteiger partial charge is 0.266 e. The van der Waals surface area contributed by atoms with Crippen LogP contribution in [-0.2, 0) is 22.4 Å². The molecule has 0 saturated heterocycles. The van der Waals surface area contributed by atoms with Crippen molar-refractivity contribution in [1.29, 1.82) is 0 Å². The van der Waals surface area contributed by atoms with Crippen LogP contribution in [0.1, 0.15) is 37.0 Å². The lowest BCUT2D eigenvalue weighted by atomic mass is 9.85. The fraction of sp³-hybridized carbons (Fsp3) is 0.355. The minimum atomic E-state index is -1.34. The lowest BCUT2D eigenvalue weighted by molar-refractivity contribution is -0.129. The zero-order chi connectivity index (χ0) is 29.8. The summed E-state index contributed by atoms with van der Waals surface area (Å²) in [4.78, 5) is 21.7. The van der Waals surface area contributed by atoms with Crippen molar-refractivity contribution in [3.8, 4) is 11.5 Å². The molecule has 11 heteroatoms. The number of aliphatic hydroxyl groups excluding tert-OH is 1. The molecule has 2 atom stereocenters. The van der Waals surface area contributed by atoms with E-state index in [-0.39, 0.29) is 18.9 Å². The van der Waals surface area contributed by atoms with Gasteiger partial charge in [-0.25, -0.2) is 10.4 Å². The molecule has 0 unspecified atom stereocenters. The van der Waals surface area contributed by atoms with Crippen LogP contribution in [0.15, 0.2) is 82.9 Å². The van der Waals surface area contributed by atoms with E-state index in [4.69, 9.17) is 29.8 Å². The second-order valence-corrected chi connectivity index (χ2v) is 9.72. The number of amides is 1. The van der Waals surface area contributed by atoms with Gasteiger partial charge in [0, 0.05) is 42.2 Å². The topological polar surface area (TPSA) is 150 Å². The minimum absolute atomic E-state index is 0.0585. The summed E-state index contributed by atoms with van der Waals surface area (Å²) in [6.45, 7) is 5.24. The van der Waals surface area contributed by atoms with E-state index >= 15 is 0 Å². The van der Waals surface area contributed by atoms with Crippen LogP contribution in [0.2, 0.25) is 0 Å². The minimum Gasteiger partial charge on any atom is -0.494 e. The molecule has 3 N–H and O–H groups in total. The molecule has 0 aromatic heterocycles. The Labute approximate surface area is 245 Å². The Balaban J connectivity index is 1.56. The van der Waals surface area contributed by atoms with Crippen molar-refractivity contribution < 1.29 is 24.1 Å². The molecule has 11 nitrogen and oxygen atoms in total. The highest BCUT2D eigenvalue weighted by atomic mass is 16.5. The predicted octanol–water partition coefficient (Wildman–Crippen LogP) is 4.80. The number of azide groups is 1. The Kier molecular flexibility index (Phi) is 10.8. The summed E-state index contributed by atoms with van der Waals surface area (Å²) in [6, 6.07) is 22.1. The molecule has 0 saturated carbocycles. The zero-order valence-electron chi connectivity index (χ0n) is 23.8.